The lowest BCUT2D eigenvalue weighted by molar-refractivity contribution is 0.203. The highest BCUT2D eigenvalue weighted by Gasteiger charge is 2.34. The Kier molecular flexibility index (Phi) is 6.69. The second-order valence-electron chi connectivity index (χ2n) is 8.80. The molecule has 0 saturated carbocycles. The van der Waals surface area contributed by atoms with Gasteiger partial charge in [0, 0.05) is 23.5 Å². The van der Waals surface area contributed by atoms with Crippen LogP contribution in [0.3, 0.4) is 0 Å². The molecule has 2 heterocycles. The van der Waals surface area contributed by atoms with Crippen molar-refractivity contribution in [1.82, 2.24) is 19.7 Å². The number of rotatable bonds is 5. The molecule has 1 atom stereocenters. The molecule has 4 rings (SSSR count). The number of urea groups is 1. The summed E-state index contributed by atoms with van der Waals surface area (Å²) in [7, 11) is -3.41. The molecule has 1 aromatic heterocycles. The quantitative estimate of drug-likeness (QED) is 0.547. The normalized spacial score (nSPS) is 16.1. The Balaban J connectivity index is 1.59. The summed E-state index contributed by atoms with van der Waals surface area (Å²) in [6.45, 7) is 6.65. The summed E-state index contributed by atoms with van der Waals surface area (Å²) < 4.78 is 26.3. The maximum atomic E-state index is 13.3. The van der Waals surface area contributed by atoms with E-state index in [1.807, 2.05) is 42.7 Å². The molecule has 0 aliphatic carbocycles. The van der Waals surface area contributed by atoms with Crippen molar-refractivity contribution >= 4 is 33.2 Å². The van der Waals surface area contributed by atoms with Crippen LogP contribution >= 0.6 is 11.6 Å². The molecule has 8 nitrogen and oxygen atoms in total. The second-order valence-corrected chi connectivity index (χ2v) is 11.2. The summed E-state index contributed by atoms with van der Waals surface area (Å²) in [4.78, 5) is 15.3. The van der Waals surface area contributed by atoms with Gasteiger partial charge in [-0.3, -0.25) is 0 Å². The first-order valence-electron chi connectivity index (χ1n) is 11.1. The summed E-state index contributed by atoms with van der Waals surface area (Å²) >= 11 is 6.02. The second kappa shape index (κ2) is 9.38. The monoisotopic (exact) mass is 501 g/mol. The summed E-state index contributed by atoms with van der Waals surface area (Å²) in [5.41, 5.74) is 3.00. The van der Waals surface area contributed by atoms with Gasteiger partial charge in [0.1, 0.15) is 5.82 Å². The van der Waals surface area contributed by atoms with E-state index in [4.69, 9.17) is 11.6 Å². The van der Waals surface area contributed by atoms with Crippen molar-refractivity contribution < 1.29 is 13.2 Å². The van der Waals surface area contributed by atoms with Crippen LogP contribution in [-0.2, 0) is 16.4 Å². The molecule has 10 heteroatoms. The molecular formula is C24H28ClN5O3S. The largest absolute Gasteiger partial charge is 0.322 e. The molecule has 1 aliphatic rings. The van der Waals surface area contributed by atoms with Crippen LogP contribution in [0, 0.1) is 20.8 Å². The van der Waals surface area contributed by atoms with Gasteiger partial charge in [-0.15, -0.1) is 10.2 Å². The number of carbonyl (C=O) groups excluding carboxylic acids is 1. The SMILES string of the molecule is Cc1cc(C)c(S(C)(=O)=O)cc1NC(=O)N1CCC[C@@H]1c1nnc(C)n1Cc1ccc(Cl)cc1. The highest BCUT2D eigenvalue weighted by Crippen LogP contribution is 2.33. The zero-order chi connectivity index (χ0) is 24.6. The molecular weight excluding hydrogens is 474 g/mol. The summed E-state index contributed by atoms with van der Waals surface area (Å²) in [6.07, 6.45) is 2.78. The Bertz CT molecular complexity index is 1340. The number of nitrogens with zero attached hydrogens (tertiary/aromatic N) is 4. The lowest BCUT2D eigenvalue weighted by atomic mass is 10.1. The minimum Gasteiger partial charge on any atom is -0.314 e. The summed E-state index contributed by atoms with van der Waals surface area (Å²) in [5, 5.41) is 12.3. The van der Waals surface area contributed by atoms with Gasteiger partial charge in [0.05, 0.1) is 17.5 Å². The van der Waals surface area contributed by atoms with E-state index < -0.39 is 9.84 Å². The van der Waals surface area contributed by atoms with Crippen LogP contribution in [0.15, 0.2) is 41.3 Å². The number of anilines is 1. The van der Waals surface area contributed by atoms with Crippen LogP contribution in [0.4, 0.5) is 10.5 Å². The smallest absolute Gasteiger partial charge is 0.314 e. The maximum absolute atomic E-state index is 13.3. The van der Waals surface area contributed by atoms with Crippen LogP contribution < -0.4 is 5.32 Å². The lowest BCUT2D eigenvalue weighted by Gasteiger charge is -2.25. The number of sulfone groups is 1. The van der Waals surface area contributed by atoms with E-state index in [1.54, 1.807) is 17.9 Å². The van der Waals surface area contributed by atoms with Gasteiger partial charge < -0.3 is 14.8 Å². The van der Waals surface area contributed by atoms with Gasteiger partial charge in [-0.2, -0.15) is 0 Å². The number of likely N-dealkylation sites (tertiary alicyclic amines) is 1. The fourth-order valence-corrected chi connectivity index (χ4v) is 5.55. The van der Waals surface area contributed by atoms with Crippen molar-refractivity contribution in [2.45, 2.75) is 51.1 Å². The first-order chi connectivity index (χ1) is 16.0. The Morgan fingerprint density at radius 1 is 1.12 bits per heavy atom. The van der Waals surface area contributed by atoms with Gasteiger partial charge in [0.2, 0.25) is 0 Å². The number of carbonyl (C=O) groups is 1. The summed E-state index contributed by atoms with van der Waals surface area (Å²) in [5.74, 6) is 1.50. The molecule has 0 spiro atoms. The number of amides is 2. The van der Waals surface area contributed by atoms with E-state index >= 15 is 0 Å². The minimum absolute atomic E-state index is 0.213. The Labute approximate surface area is 204 Å². The molecule has 1 aliphatic heterocycles. The summed E-state index contributed by atoms with van der Waals surface area (Å²) in [6, 6.07) is 10.4. The molecule has 1 saturated heterocycles. The van der Waals surface area contributed by atoms with E-state index in [-0.39, 0.29) is 17.0 Å². The van der Waals surface area contributed by atoms with Crippen molar-refractivity contribution in [3.63, 3.8) is 0 Å². The van der Waals surface area contributed by atoms with Crippen molar-refractivity contribution in [2.75, 3.05) is 18.1 Å². The van der Waals surface area contributed by atoms with Gasteiger partial charge in [-0.1, -0.05) is 29.8 Å². The Morgan fingerprint density at radius 2 is 1.82 bits per heavy atom. The molecule has 0 radical (unpaired) electrons. The molecule has 3 aromatic rings. The van der Waals surface area contributed by atoms with E-state index in [9.17, 15) is 13.2 Å². The number of hydrogen-bond donors (Lipinski definition) is 1. The first-order valence-corrected chi connectivity index (χ1v) is 13.3. The highest BCUT2D eigenvalue weighted by molar-refractivity contribution is 7.90. The fraction of sp³-hybridized carbons (Fsp3) is 0.375. The molecule has 1 N–H and O–H groups in total. The number of halogens is 1. The number of benzene rings is 2. The zero-order valence-electron chi connectivity index (χ0n) is 19.7. The van der Waals surface area contributed by atoms with Crippen molar-refractivity contribution in [3.05, 3.63) is 69.8 Å². The number of aromatic nitrogens is 3. The van der Waals surface area contributed by atoms with Crippen LogP contribution in [0.25, 0.3) is 0 Å². The third-order valence-corrected chi connectivity index (χ3v) is 7.68. The van der Waals surface area contributed by atoms with Crippen LogP contribution in [0.1, 0.15) is 47.2 Å². The van der Waals surface area contributed by atoms with E-state index in [1.165, 1.54) is 12.3 Å². The standard InChI is InChI=1S/C24H28ClN5O3S/c1-15-12-16(2)22(34(4,32)33)13-20(15)26-24(31)29-11-5-6-21(29)23-28-27-17(3)30(23)14-18-7-9-19(25)10-8-18/h7-10,12-13,21H,5-6,11,14H2,1-4H3,(H,26,31)/t21-/m1/s1. The molecule has 2 amide bonds. The predicted molar refractivity (Wildman–Crippen MR) is 132 cm³/mol. The van der Waals surface area contributed by atoms with E-state index in [2.05, 4.69) is 15.5 Å². The van der Waals surface area contributed by atoms with Gasteiger partial charge in [-0.25, -0.2) is 13.2 Å². The van der Waals surface area contributed by atoms with Crippen LogP contribution in [0.5, 0.6) is 0 Å². The average molecular weight is 502 g/mol. The fourth-order valence-electron chi connectivity index (χ4n) is 4.44. The number of hydrogen-bond acceptors (Lipinski definition) is 5. The van der Waals surface area contributed by atoms with Crippen LogP contribution in [-0.4, -0.2) is 46.9 Å². The van der Waals surface area contributed by atoms with Crippen molar-refractivity contribution in [1.29, 1.82) is 0 Å². The third-order valence-electron chi connectivity index (χ3n) is 6.19. The first kappa shape index (κ1) is 24.2. The Morgan fingerprint density at radius 3 is 2.50 bits per heavy atom. The lowest BCUT2D eigenvalue weighted by Crippen LogP contribution is -2.36. The van der Waals surface area contributed by atoms with Crippen molar-refractivity contribution in [2.24, 2.45) is 0 Å². The van der Waals surface area contributed by atoms with E-state index in [0.717, 1.165) is 35.6 Å². The average Bonchev–Trinajstić information content (AvgIpc) is 3.38. The Hall–Kier alpha value is -2.91. The topological polar surface area (TPSA) is 97.2 Å². The van der Waals surface area contributed by atoms with Gasteiger partial charge in [0.25, 0.3) is 0 Å². The maximum Gasteiger partial charge on any atom is 0.322 e. The number of nitrogens with one attached hydrogen (secondary N) is 1. The van der Waals surface area contributed by atoms with Gasteiger partial charge >= 0.3 is 6.03 Å². The molecule has 2 aromatic carbocycles. The molecule has 34 heavy (non-hydrogen) atoms. The predicted octanol–water partition coefficient (Wildman–Crippen LogP) is 4.68. The molecule has 180 valence electrons. The zero-order valence-corrected chi connectivity index (χ0v) is 21.2. The third kappa shape index (κ3) is 4.95. The molecule has 1 fully saturated rings. The minimum atomic E-state index is -3.41. The molecule has 0 unspecified atom stereocenters. The van der Waals surface area contributed by atoms with Crippen LogP contribution in [0.2, 0.25) is 5.02 Å². The van der Waals surface area contributed by atoms with Gasteiger partial charge in [-0.05, 0) is 68.5 Å². The number of aryl methyl sites for hydroxylation is 3. The van der Waals surface area contributed by atoms with Gasteiger partial charge in [0.15, 0.2) is 15.7 Å². The van der Waals surface area contributed by atoms with E-state index in [0.29, 0.717) is 29.4 Å². The van der Waals surface area contributed by atoms with Crippen molar-refractivity contribution in [3.8, 4) is 0 Å². The molecule has 0 bridgehead atoms. The highest BCUT2D eigenvalue weighted by atomic mass is 35.5.